The standard InChI is InChI=1S/C16H15N3O2S/c17-7-11-3-4-13-12(6-11)2-1-5-16(13,22-9-15(20)21)14-8-18-10-19-14/h3-4,6,8,10H,1-2,5,9H2,(H,18,19)(H,20,21). The molecule has 0 bridgehead atoms. The van der Waals surface area contributed by atoms with Crippen molar-refractivity contribution < 1.29 is 9.90 Å². The maximum Gasteiger partial charge on any atom is 0.313 e. The second-order valence-electron chi connectivity index (χ2n) is 5.30. The molecule has 1 aliphatic rings. The summed E-state index contributed by atoms with van der Waals surface area (Å²) in [6.07, 6.45) is 6.15. The highest BCUT2D eigenvalue weighted by Crippen LogP contribution is 2.50. The monoisotopic (exact) mass is 313 g/mol. The van der Waals surface area contributed by atoms with Crippen LogP contribution in [0.3, 0.4) is 0 Å². The molecule has 2 aromatic rings. The Hall–Kier alpha value is -2.26. The average molecular weight is 313 g/mol. The highest BCUT2D eigenvalue weighted by atomic mass is 32.2. The molecule has 0 amide bonds. The largest absolute Gasteiger partial charge is 0.481 e. The predicted octanol–water partition coefficient (Wildman–Crippen LogP) is 2.68. The van der Waals surface area contributed by atoms with E-state index in [1.54, 1.807) is 12.4 Å². The van der Waals surface area contributed by atoms with Crippen LogP contribution in [0.1, 0.15) is 35.2 Å². The molecule has 6 heteroatoms. The highest BCUT2D eigenvalue weighted by molar-refractivity contribution is 8.01. The first kappa shape index (κ1) is 14.7. The lowest BCUT2D eigenvalue weighted by Gasteiger charge is -2.37. The molecular weight excluding hydrogens is 298 g/mol. The molecule has 1 aromatic carbocycles. The molecule has 3 rings (SSSR count). The molecule has 0 saturated carbocycles. The van der Waals surface area contributed by atoms with E-state index in [0.29, 0.717) is 5.56 Å². The average Bonchev–Trinajstić information content (AvgIpc) is 3.07. The van der Waals surface area contributed by atoms with Gasteiger partial charge in [0.25, 0.3) is 0 Å². The van der Waals surface area contributed by atoms with Gasteiger partial charge in [0.05, 0.1) is 34.2 Å². The van der Waals surface area contributed by atoms with Crippen LogP contribution >= 0.6 is 11.8 Å². The van der Waals surface area contributed by atoms with Gasteiger partial charge in [-0.2, -0.15) is 5.26 Å². The van der Waals surface area contributed by atoms with Crippen molar-refractivity contribution in [3.8, 4) is 6.07 Å². The topological polar surface area (TPSA) is 89.8 Å². The van der Waals surface area contributed by atoms with E-state index in [4.69, 9.17) is 10.4 Å². The number of imidazole rings is 1. The van der Waals surface area contributed by atoms with E-state index < -0.39 is 10.7 Å². The van der Waals surface area contributed by atoms with Gasteiger partial charge >= 0.3 is 5.97 Å². The number of carbonyl (C=O) groups is 1. The molecule has 5 nitrogen and oxygen atoms in total. The molecule has 1 aromatic heterocycles. The Kier molecular flexibility index (Phi) is 3.90. The molecule has 0 fully saturated rings. The van der Waals surface area contributed by atoms with Gasteiger partial charge in [0, 0.05) is 6.20 Å². The number of nitrogens with zero attached hydrogens (tertiary/aromatic N) is 2. The number of aliphatic carboxylic acids is 1. The van der Waals surface area contributed by atoms with Gasteiger partial charge < -0.3 is 10.1 Å². The van der Waals surface area contributed by atoms with Crippen molar-refractivity contribution >= 4 is 17.7 Å². The molecular formula is C16H15N3O2S. The third kappa shape index (κ3) is 2.48. The van der Waals surface area contributed by atoms with Gasteiger partial charge in [-0.25, -0.2) is 4.98 Å². The van der Waals surface area contributed by atoms with E-state index in [9.17, 15) is 4.79 Å². The molecule has 0 radical (unpaired) electrons. The third-order valence-electron chi connectivity index (χ3n) is 4.00. The van der Waals surface area contributed by atoms with Crippen LogP contribution in [-0.4, -0.2) is 26.8 Å². The van der Waals surface area contributed by atoms with Crippen LogP contribution in [0.25, 0.3) is 0 Å². The molecule has 1 aliphatic carbocycles. The fourth-order valence-electron chi connectivity index (χ4n) is 3.08. The zero-order valence-electron chi connectivity index (χ0n) is 11.9. The summed E-state index contributed by atoms with van der Waals surface area (Å²) in [6, 6.07) is 7.83. The van der Waals surface area contributed by atoms with Gasteiger partial charge in [-0.1, -0.05) is 6.07 Å². The van der Waals surface area contributed by atoms with Crippen molar-refractivity contribution in [3.05, 3.63) is 53.1 Å². The van der Waals surface area contributed by atoms with Crippen LogP contribution < -0.4 is 0 Å². The second-order valence-corrected chi connectivity index (χ2v) is 6.58. The minimum absolute atomic E-state index is 0.0201. The van der Waals surface area contributed by atoms with Gasteiger partial charge in [-0.05, 0) is 42.5 Å². The SMILES string of the molecule is N#Cc1ccc2c(c1)CCCC2(SCC(=O)O)c1c[nH]cn1. The number of thioether (sulfide) groups is 1. The van der Waals surface area contributed by atoms with Gasteiger partial charge in [-0.3, -0.25) is 4.79 Å². The molecule has 0 aliphatic heterocycles. The lowest BCUT2D eigenvalue weighted by atomic mass is 9.79. The Balaban J connectivity index is 2.12. The summed E-state index contributed by atoms with van der Waals surface area (Å²) in [7, 11) is 0. The summed E-state index contributed by atoms with van der Waals surface area (Å²) in [4.78, 5) is 18.4. The first-order valence-corrected chi connectivity index (χ1v) is 8.03. The maximum absolute atomic E-state index is 11.1. The van der Waals surface area contributed by atoms with Crippen molar-refractivity contribution in [2.45, 2.75) is 24.0 Å². The van der Waals surface area contributed by atoms with Crippen LogP contribution in [0.5, 0.6) is 0 Å². The number of hydrogen-bond acceptors (Lipinski definition) is 4. The van der Waals surface area contributed by atoms with Crippen molar-refractivity contribution in [1.82, 2.24) is 9.97 Å². The van der Waals surface area contributed by atoms with Crippen LogP contribution in [0, 0.1) is 11.3 Å². The van der Waals surface area contributed by atoms with Crippen molar-refractivity contribution in [1.29, 1.82) is 5.26 Å². The minimum atomic E-state index is -0.833. The second kappa shape index (κ2) is 5.85. The summed E-state index contributed by atoms with van der Waals surface area (Å²) in [5.74, 6) is -0.813. The number of nitrogens with one attached hydrogen (secondary N) is 1. The first-order valence-electron chi connectivity index (χ1n) is 7.04. The van der Waals surface area contributed by atoms with Gasteiger partial charge in [-0.15, -0.1) is 11.8 Å². The van der Waals surface area contributed by atoms with Crippen molar-refractivity contribution in [2.75, 3.05) is 5.75 Å². The van der Waals surface area contributed by atoms with Crippen LogP contribution in [0.15, 0.2) is 30.7 Å². The minimum Gasteiger partial charge on any atom is -0.481 e. The van der Waals surface area contributed by atoms with E-state index in [2.05, 4.69) is 16.0 Å². The number of benzene rings is 1. The van der Waals surface area contributed by atoms with Crippen LogP contribution in [0.2, 0.25) is 0 Å². The Bertz CT molecular complexity index is 736. The zero-order valence-corrected chi connectivity index (χ0v) is 12.7. The number of hydrogen-bond donors (Lipinski definition) is 2. The maximum atomic E-state index is 11.1. The molecule has 1 heterocycles. The van der Waals surface area contributed by atoms with Gasteiger partial charge in [0.15, 0.2) is 0 Å². The van der Waals surface area contributed by atoms with Crippen LogP contribution in [0.4, 0.5) is 0 Å². The Labute approximate surface area is 132 Å². The van der Waals surface area contributed by atoms with Gasteiger partial charge in [0.1, 0.15) is 0 Å². The molecule has 22 heavy (non-hydrogen) atoms. The fraction of sp³-hybridized carbons (Fsp3) is 0.312. The first-order chi connectivity index (χ1) is 10.7. The fourth-order valence-corrected chi connectivity index (χ4v) is 4.36. The number of aromatic amines is 1. The van der Waals surface area contributed by atoms with Crippen molar-refractivity contribution in [3.63, 3.8) is 0 Å². The number of carboxylic acids is 1. The Morgan fingerprint density at radius 1 is 1.55 bits per heavy atom. The summed E-state index contributed by atoms with van der Waals surface area (Å²) in [5.41, 5.74) is 3.69. The number of nitriles is 1. The predicted molar refractivity (Wildman–Crippen MR) is 83.6 cm³/mol. The zero-order chi connectivity index (χ0) is 15.6. The number of H-pyrrole nitrogens is 1. The molecule has 1 unspecified atom stereocenters. The lowest BCUT2D eigenvalue weighted by molar-refractivity contribution is -0.133. The van der Waals surface area contributed by atoms with E-state index in [1.165, 1.54) is 11.8 Å². The highest BCUT2D eigenvalue weighted by Gasteiger charge is 2.41. The van der Waals surface area contributed by atoms with E-state index >= 15 is 0 Å². The van der Waals surface area contributed by atoms with Crippen LogP contribution in [-0.2, 0) is 16.0 Å². The number of rotatable bonds is 4. The summed E-state index contributed by atoms with van der Waals surface area (Å²) in [6.45, 7) is 0. The molecule has 2 N–H and O–H groups in total. The van der Waals surface area contributed by atoms with Crippen molar-refractivity contribution in [2.24, 2.45) is 0 Å². The number of aromatic nitrogens is 2. The molecule has 0 spiro atoms. The smallest absolute Gasteiger partial charge is 0.313 e. The molecule has 1 atom stereocenters. The van der Waals surface area contributed by atoms with E-state index in [0.717, 1.165) is 36.1 Å². The normalized spacial score (nSPS) is 20.1. The molecule has 0 saturated heterocycles. The number of aryl methyl sites for hydroxylation is 1. The Morgan fingerprint density at radius 3 is 3.09 bits per heavy atom. The molecule has 112 valence electrons. The summed E-state index contributed by atoms with van der Waals surface area (Å²) < 4.78 is -0.458. The summed E-state index contributed by atoms with van der Waals surface area (Å²) >= 11 is 1.40. The summed E-state index contributed by atoms with van der Waals surface area (Å²) in [5, 5.41) is 18.2. The third-order valence-corrected chi connectivity index (χ3v) is 5.52. The number of carboxylic acid groups (broad SMARTS) is 1. The van der Waals surface area contributed by atoms with E-state index in [1.807, 2.05) is 18.3 Å². The Morgan fingerprint density at radius 2 is 2.41 bits per heavy atom. The number of fused-ring (bicyclic) bond motifs is 1. The lowest BCUT2D eigenvalue weighted by Crippen LogP contribution is -2.30. The van der Waals surface area contributed by atoms with Gasteiger partial charge in [0.2, 0.25) is 0 Å². The van der Waals surface area contributed by atoms with E-state index in [-0.39, 0.29) is 5.75 Å². The quantitative estimate of drug-likeness (QED) is 0.905.